The van der Waals surface area contributed by atoms with Gasteiger partial charge in [0.2, 0.25) is 0 Å². The number of rotatable bonds is 7. The number of alkyl halides is 3. The van der Waals surface area contributed by atoms with Crippen LogP contribution in [-0.4, -0.2) is 43.0 Å². The van der Waals surface area contributed by atoms with Crippen molar-refractivity contribution < 1.29 is 37.1 Å². The number of esters is 1. The Balaban J connectivity index is 2.26. The third kappa shape index (κ3) is 8.81. The molecule has 10 heteroatoms. The first-order valence-corrected chi connectivity index (χ1v) is 7.47. The van der Waals surface area contributed by atoms with E-state index in [9.17, 15) is 32.3 Å². The highest BCUT2D eigenvalue weighted by molar-refractivity contribution is 5.98. The van der Waals surface area contributed by atoms with Gasteiger partial charge in [-0.15, -0.1) is 0 Å². The number of carbonyl (C=O) groups is 4. The number of hydrogen-bond donors (Lipinski definition) is 2. The summed E-state index contributed by atoms with van der Waals surface area (Å²) in [7, 11) is 0. The molecule has 0 atom stereocenters. The van der Waals surface area contributed by atoms with Gasteiger partial charge in [0.25, 0.3) is 5.91 Å². The van der Waals surface area contributed by atoms with Crippen LogP contribution in [0.5, 0.6) is 0 Å². The van der Waals surface area contributed by atoms with Crippen LogP contribution >= 0.6 is 0 Å². The topological polar surface area (TPSA) is 102 Å². The van der Waals surface area contributed by atoms with Crippen LogP contribution in [0.1, 0.15) is 28.8 Å². The van der Waals surface area contributed by atoms with E-state index in [0.29, 0.717) is 5.56 Å². The molecule has 0 bridgehead atoms. The average molecular weight is 374 g/mol. The average Bonchev–Trinajstić information content (AvgIpc) is 2.56. The number of nitrogens with one attached hydrogen (secondary N) is 2. The van der Waals surface area contributed by atoms with Crippen molar-refractivity contribution in [1.29, 1.82) is 0 Å². The van der Waals surface area contributed by atoms with E-state index in [1.165, 1.54) is 5.32 Å². The molecule has 0 unspecified atom stereocenters. The standard InChI is InChI=1S/C16H17F3N2O5/c1-10-2-4-11(5-3-10)12(22)6-7-14(24)26-8-13(23)21-15(25)20-9-16(17,18)19/h2-5H,6-9H2,1H3,(H2,20,21,23,25). The molecule has 0 aliphatic carbocycles. The largest absolute Gasteiger partial charge is 0.456 e. The smallest absolute Gasteiger partial charge is 0.405 e. The second-order valence-electron chi connectivity index (χ2n) is 5.30. The first kappa shape index (κ1) is 21.1. The normalized spacial score (nSPS) is 10.8. The number of imide groups is 1. The first-order valence-electron chi connectivity index (χ1n) is 7.47. The van der Waals surface area contributed by atoms with E-state index < -0.39 is 37.2 Å². The minimum absolute atomic E-state index is 0.129. The van der Waals surface area contributed by atoms with Gasteiger partial charge < -0.3 is 10.1 Å². The highest BCUT2D eigenvalue weighted by atomic mass is 19.4. The molecule has 142 valence electrons. The molecule has 0 saturated carbocycles. The zero-order valence-corrected chi connectivity index (χ0v) is 13.8. The van der Waals surface area contributed by atoms with Crippen LogP contribution in [0.25, 0.3) is 0 Å². The summed E-state index contributed by atoms with van der Waals surface area (Å²) in [5.41, 5.74) is 1.41. The zero-order valence-electron chi connectivity index (χ0n) is 13.8. The van der Waals surface area contributed by atoms with Crippen molar-refractivity contribution in [2.75, 3.05) is 13.2 Å². The maximum absolute atomic E-state index is 11.9. The van der Waals surface area contributed by atoms with Crippen LogP contribution in [0, 0.1) is 6.92 Å². The molecule has 0 aliphatic rings. The van der Waals surface area contributed by atoms with Crippen LogP contribution in [0.4, 0.5) is 18.0 Å². The fraction of sp³-hybridized carbons (Fsp3) is 0.375. The van der Waals surface area contributed by atoms with Crippen LogP contribution in [0.2, 0.25) is 0 Å². The molecule has 0 aliphatic heterocycles. The van der Waals surface area contributed by atoms with Gasteiger partial charge in [0, 0.05) is 12.0 Å². The van der Waals surface area contributed by atoms with Gasteiger partial charge in [-0.1, -0.05) is 29.8 Å². The number of amides is 3. The van der Waals surface area contributed by atoms with E-state index in [1.54, 1.807) is 29.6 Å². The number of ketones is 1. The fourth-order valence-electron chi connectivity index (χ4n) is 1.71. The van der Waals surface area contributed by atoms with Gasteiger partial charge in [0.05, 0.1) is 6.42 Å². The van der Waals surface area contributed by atoms with Crippen molar-refractivity contribution in [2.24, 2.45) is 0 Å². The summed E-state index contributed by atoms with van der Waals surface area (Å²) in [6.45, 7) is -0.593. The number of Topliss-reactive ketones (excluding diaryl/α,β-unsaturated/α-hetero) is 1. The number of benzene rings is 1. The van der Waals surface area contributed by atoms with Crippen LogP contribution in [-0.2, 0) is 14.3 Å². The minimum Gasteiger partial charge on any atom is -0.456 e. The molecule has 1 rings (SSSR count). The quantitative estimate of drug-likeness (QED) is 0.561. The Morgan fingerprint density at radius 3 is 2.23 bits per heavy atom. The molecular formula is C16H17F3N2O5. The number of ether oxygens (including phenoxy) is 1. The lowest BCUT2D eigenvalue weighted by atomic mass is 10.1. The summed E-state index contributed by atoms with van der Waals surface area (Å²) in [5.74, 6) is -2.22. The molecule has 2 N–H and O–H groups in total. The first-order chi connectivity index (χ1) is 12.1. The lowest BCUT2D eigenvalue weighted by Crippen LogP contribution is -2.44. The molecule has 0 radical (unpaired) electrons. The fourth-order valence-corrected chi connectivity index (χ4v) is 1.71. The van der Waals surface area contributed by atoms with E-state index >= 15 is 0 Å². The van der Waals surface area contributed by atoms with E-state index in [-0.39, 0.29) is 18.6 Å². The summed E-state index contributed by atoms with van der Waals surface area (Å²) < 4.78 is 40.2. The number of carbonyl (C=O) groups excluding carboxylic acids is 4. The molecule has 7 nitrogen and oxygen atoms in total. The third-order valence-electron chi connectivity index (χ3n) is 3.00. The van der Waals surface area contributed by atoms with Gasteiger partial charge >= 0.3 is 18.2 Å². The van der Waals surface area contributed by atoms with E-state index in [2.05, 4.69) is 4.74 Å². The Labute approximate surface area is 146 Å². The molecule has 1 aromatic carbocycles. The van der Waals surface area contributed by atoms with Gasteiger partial charge in [-0.2, -0.15) is 13.2 Å². The maximum Gasteiger partial charge on any atom is 0.405 e. The Hall–Kier alpha value is -2.91. The summed E-state index contributed by atoms with van der Waals surface area (Å²) in [6.07, 6.45) is -5.02. The molecule has 0 heterocycles. The van der Waals surface area contributed by atoms with Gasteiger partial charge in [0.1, 0.15) is 6.54 Å². The zero-order chi connectivity index (χ0) is 19.7. The number of hydrogen-bond acceptors (Lipinski definition) is 5. The van der Waals surface area contributed by atoms with E-state index in [0.717, 1.165) is 5.56 Å². The Kier molecular flexibility index (Phi) is 7.76. The van der Waals surface area contributed by atoms with Crippen molar-refractivity contribution in [3.63, 3.8) is 0 Å². The lowest BCUT2D eigenvalue weighted by molar-refractivity contribution is -0.148. The summed E-state index contributed by atoms with van der Waals surface area (Å²) in [5, 5.41) is 2.99. The molecule has 0 fully saturated rings. The summed E-state index contributed by atoms with van der Waals surface area (Å²) in [6, 6.07) is 5.38. The van der Waals surface area contributed by atoms with Crippen molar-refractivity contribution in [2.45, 2.75) is 25.9 Å². The van der Waals surface area contributed by atoms with Crippen LogP contribution < -0.4 is 10.6 Å². The summed E-state index contributed by atoms with van der Waals surface area (Å²) in [4.78, 5) is 45.6. The summed E-state index contributed by atoms with van der Waals surface area (Å²) >= 11 is 0. The molecule has 0 aromatic heterocycles. The highest BCUT2D eigenvalue weighted by Gasteiger charge is 2.28. The maximum atomic E-state index is 11.9. The molecule has 1 aromatic rings. The van der Waals surface area contributed by atoms with Gasteiger partial charge in [-0.25, -0.2) is 4.79 Å². The highest BCUT2D eigenvalue weighted by Crippen LogP contribution is 2.12. The second kappa shape index (κ2) is 9.54. The molecule has 0 spiro atoms. The molecule has 0 saturated heterocycles. The molecule has 26 heavy (non-hydrogen) atoms. The number of aryl methyl sites for hydroxylation is 1. The molecular weight excluding hydrogens is 357 g/mol. The van der Waals surface area contributed by atoms with Crippen molar-refractivity contribution in [3.8, 4) is 0 Å². The van der Waals surface area contributed by atoms with E-state index in [4.69, 9.17) is 0 Å². The SMILES string of the molecule is Cc1ccc(C(=O)CCC(=O)OCC(=O)NC(=O)NCC(F)(F)F)cc1. The minimum atomic E-state index is -4.61. The van der Waals surface area contributed by atoms with Crippen LogP contribution in [0.3, 0.4) is 0 Å². The monoisotopic (exact) mass is 374 g/mol. The van der Waals surface area contributed by atoms with Crippen LogP contribution in [0.15, 0.2) is 24.3 Å². The Morgan fingerprint density at radius 2 is 1.65 bits per heavy atom. The lowest BCUT2D eigenvalue weighted by Gasteiger charge is -2.09. The predicted molar refractivity (Wildman–Crippen MR) is 83.3 cm³/mol. The Bertz CT molecular complexity index is 671. The number of urea groups is 1. The predicted octanol–water partition coefficient (Wildman–Crippen LogP) is 1.89. The van der Waals surface area contributed by atoms with Gasteiger partial charge in [-0.3, -0.25) is 19.7 Å². The Morgan fingerprint density at radius 1 is 1.04 bits per heavy atom. The van der Waals surface area contributed by atoms with Crippen molar-refractivity contribution in [3.05, 3.63) is 35.4 Å². The van der Waals surface area contributed by atoms with Crippen molar-refractivity contribution in [1.82, 2.24) is 10.6 Å². The van der Waals surface area contributed by atoms with Gasteiger partial charge in [-0.05, 0) is 6.92 Å². The van der Waals surface area contributed by atoms with E-state index in [1.807, 2.05) is 6.92 Å². The molecule has 3 amide bonds. The van der Waals surface area contributed by atoms with Crippen molar-refractivity contribution >= 4 is 23.7 Å². The second-order valence-corrected chi connectivity index (χ2v) is 5.30. The van der Waals surface area contributed by atoms with Gasteiger partial charge in [0.15, 0.2) is 12.4 Å². The third-order valence-corrected chi connectivity index (χ3v) is 3.00. The number of halogens is 3.